The molecule has 1 atom stereocenters. The van der Waals surface area contributed by atoms with Gasteiger partial charge in [0.2, 0.25) is 0 Å². The summed E-state index contributed by atoms with van der Waals surface area (Å²) in [5.41, 5.74) is -5.39. The molecule has 0 bridgehead atoms. The van der Waals surface area contributed by atoms with E-state index in [4.69, 9.17) is 4.74 Å². The topological polar surface area (TPSA) is 69.7 Å². The number of carbonyl (C=O) groups excluding carboxylic acids is 1. The van der Waals surface area contributed by atoms with Gasteiger partial charge in [-0.3, -0.25) is 8.98 Å². The lowest BCUT2D eigenvalue weighted by Gasteiger charge is -2.08. The van der Waals surface area contributed by atoms with E-state index in [0.717, 1.165) is 0 Å². The molecule has 5 nitrogen and oxygen atoms in total. The summed E-state index contributed by atoms with van der Waals surface area (Å²) in [7, 11) is -5.50. The number of carbonyl (C=O) groups is 1. The van der Waals surface area contributed by atoms with Crippen LogP contribution >= 0.6 is 0 Å². The van der Waals surface area contributed by atoms with Crippen molar-refractivity contribution in [2.24, 2.45) is 5.92 Å². The molecule has 0 aromatic rings. The van der Waals surface area contributed by atoms with Crippen LogP contribution in [0.3, 0.4) is 0 Å². The summed E-state index contributed by atoms with van der Waals surface area (Å²) in [5, 5.41) is 0. The van der Waals surface area contributed by atoms with Gasteiger partial charge in [-0.15, -0.1) is 0 Å². The van der Waals surface area contributed by atoms with Gasteiger partial charge < -0.3 is 4.74 Å². The molecule has 0 radical (unpaired) electrons. The summed E-state index contributed by atoms with van der Waals surface area (Å²) in [6.07, 6.45) is 1.61. The van der Waals surface area contributed by atoms with Crippen molar-refractivity contribution in [2.45, 2.75) is 31.2 Å². The number of hydrogen-bond acceptors (Lipinski definition) is 5. The van der Waals surface area contributed by atoms with E-state index in [1.54, 1.807) is 0 Å². The third kappa shape index (κ3) is 4.13. The maximum Gasteiger partial charge on any atom is 0.523 e. The first-order chi connectivity index (χ1) is 8.24. The Morgan fingerprint density at radius 3 is 2.50 bits per heavy atom. The molecule has 0 amide bonds. The standard InChI is InChI=1S/C9H13F3O5S/c10-9(11,12)18(14,15)17-5-2-1-3-7-4-6-16-8(7)13/h7H,1-6H2. The summed E-state index contributed by atoms with van der Waals surface area (Å²) in [6.45, 7) is -0.175. The van der Waals surface area contributed by atoms with Crippen LogP contribution in [0.4, 0.5) is 13.2 Å². The fourth-order valence-electron chi connectivity index (χ4n) is 1.53. The Hall–Kier alpha value is -0.830. The predicted molar refractivity (Wildman–Crippen MR) is 53.8 cm³/mol. The van der Waals surface area contributed by atoms with Gasteiger partial charge in [-0.2, -0.15) is 21.6 Å². The van der Waals surface area contributed by atoms with E-state index >= 15 is 0 Å². The normalized spacial score (nSPS) is 21.1. The number of rotatable bonds is 6. The SMILES string of the molecule is O=C1OCCC1CCCCOS(=O)(=O)C(F)(F)F. The molecule has 1 rings (SSSR count). The third-order valence-electron chi connectivity index (χ3n) is 2.51. The van der Waals surface area contributed by atoms with Crippen LogP contribution in [0, 0.1) is 5.92 Å². The van der Waals surface area contributed by atoms with Crippen molar-refractivity contribution in [3.8, 4) is 0 Å². The van der Waals surface area contributed by atoms with Gasteiger partial charge in [-0.1, -0.05) is 6.42 Å². The second kappa shape index (κ2) is 5.87. The molecule has 0 aliphatic carbocycles. The lowest BCUT2D eigenvalue weighted by Crippen LogP contribution is -2.25. The Balaban J connectivity index is 2.18. The number of ether oxygens (including phenoxy) is 1. The van der Waals surface area contributed by atoms with Gasteiger partial charge in [0.1, 0.15) is 0 Å². The van der Waals surface area contributed by atoms with Crippen LogP contribution in [-0.2, 0) is 23.8 Å². The maximum absolute atomic E-state index is 11.9. The van der Waals surface area contributed by atoms with Crippen LogP contribution in [-0.4, -0.2) is 33.1 Å². The Morgan fingerprint density at radius 1 is 1.33 bits per heavy atom. The van der Waals surface area contributed by atoms with Crippen LogP contribution in [0.25, 0.3) is 0 Å². The van der Waals surface area contributed by atoms with Crippen LogP contribution < -0.4 is 0 Å². The first-order valence-corrected chi connectivity index (χ1v) is 6.77. The molecule has 1 heterocycles. The van der Waals surface area contributed by atoms with E-state index in [9.17, 15) is 26.4 Å². The van der Waals surface area contributed by atoms with E-state index in [0.29, 0.717) is 25.9 Å². The molecule has 0 spiro atoms. The number of hydrogen-bond donors (Lipinski definition) is 0. The van der Waals surface area contributed by atoms with Gasteiger partial charge in [0, 0.05) is 0 Å². The fraction of sp³-hybridized carbons (Fsp3) is 0.889. The van der Waals surface area contributed by atoms with Crippen LogP contribution in [0.2, 0.25) is 0 Å². The maximum atomic E-state index is 11.9. The number of unbranched alkanes of at least 4 members (excludes halogenated alkanes) is 1. The largest absolute Gasteiger partial charge is 0.523 e. The fourth-order valence-corrected chi connectivity index (χ4v) is 2.00. The molecule has 0 saturated carbocycles. The molecule has 18 heavy (non-hydrogen) atoms. The minimum absolute atomic E-state index is 0.138. The van der Waals surface area contributed by atoms with Gasteiger partial charge >= 0.3 is 21.6 Å². The average Bonchev–Trinajstić information content (AvgIpc) is 2.62. The quantitative estimate of drug-likeness (QED) is 0.321. The van der Waals surface area contributed by atoms with Crippen LogP contribution in [0.15, 0.2) is 0 Å². The lowest BCUT2D eigenvalue weighted by atomic mass is 10.0. The molecule has 9 heteroatoms. The van der Waals surface area contributed by atoms with Gasteiger partial charge in [0.05, 0.1) is 19.1 Å². The monoisotopic (exact) mass is 290 g/mol. The molecule has 0 aromatic heterocycles. The van der Waals surface area contributed by atoms with Gasteiger partial charge in [-0.05, 0) is 19.3 Å². The lowest BCUT2D eigenvalue weighted by molar-refractivity contribution is -0.141. The Morgan fingerprint density at radius 2 is 2.00 bits per heavy atom. The number of esters is 1. The highest BCUT2D eigenvalue weighted by atomic mass is 32.2. The van der Waals surface area contributed by atoms with Crippen molar-refractivity contribution in [2.75, 3.05) is 13.2 Å². The highest BCUT2D eigenvalue weighted by Gasteiger charge is 2.47. The van der Waals surface area contributed by atoms with Crippen molar-refractivity contribution < 1.29 is 35.3 Å². The molecular weight excluding hydrogens is 277 g/mol. The molecule has 1 unspecified atom stereocenters. The van der Waals surface area contributed by atoms with E-state index in [2.05, 4.69) is 4.18 Å². The van der Waals surface area contributed by atoms with Crippen molar-refractivity contribution in [3.05, 3.63) is 0 Å². The van der Waals surface area contributed by atoms with Crippen molar-refractivity contribution in [1.29, 1.82) is 0 Å². The molecule has 1 aliphatic heterocycles. The average molecular weight is 290 g/mol. The number of halogens is 3. The summed E-state index contributed by atoms with van der Waals surface area (Å²) in [5.74, 6) is -0.539. The Bertz CT molecular complexity index is 389. The Kier molecular flexibility index (Phi) is 4.97. The van der Waals surface area contributed by atoms with Gasteiger partial charge in [-0.25, -0.2) is 0 Å². The number of cyclic esters (lactones) is 1. The zero-order chi connectivity index (χ0) is 13.8. The van der Waals surface area contributed by atoms with Gasteiger partial charge in [0.15, 0.2) is 0 Å². The van der Waals surface area contributed by atoms with Crippen molar-refractivity contribution in [3.63, 3.8) is 0 Å². The zero-order valence-corrected chi connectivity index (χ0v) is 10.2. The summed E-state index contributed by atoms with van der Waals surface area (Å²) >= 11 is 0. The first kappa shape index (κ1) is 15.2. The molecule has 1 saturated heterocycles. The first-order valence-electron chi connectivity index (χ1n) is 5.36. The molecule has 1 aliphatic rings. The Labute approximate surface area is 102 Å². The van der Waals surface area contributed by atoms with Crippen LogP contribution in [0.1, 0.15) is 25.7 Å². The second-order valence-electron chi connectivity index (χ2n) is 3.87. The van der Waals surface area contributed by atoms with E-state index in [1.165, 1.54) is 0 Å². The van der Waals surface area contributed by atoms with E-state index in [-0.39, 0.29) is 18.3 Å². The predicted octanol–water partition coefficient (Wildman–Crippen LogP) is 1.59. The smallest absolute Gasteiger partial charge is 0.465 e. The summed E-state index contributed by atoms with van der Waals surface area (Å²) < 4.78 is 65.1. The van der Waals surface area contributed by atoms with Crippen LogP contribution in [0.5, 0.6) is 0 Å². The second-order valence-corrected chi connectivity index (χ2v) is 5.48. The third-order valence-corrected chi connectivity index (χ3v) is 3.56. The summed E-state index contributed by atoms with van der Waals surface area (Å²) in [4.78, 5) is 11.0. The van der Waals surface area contributed by atoms with E-state index < -0.39 is 22.2 Å². The highest BCUT2D eigenvalue weighted by molar-refractivity contribution is 7.87. The summed E-state index contributed by atoms with van der Waals surface area (Å²) in [6, 6.07) is 0. The molecule has 106 valence electrons. The van der Waals surface area contributed by atoms with Crippen molar-refractivity contribution >= 4 is 16.1 Å². The van der Waals surface area contributed by atoms with Gasteiger partial charge in [0.25, 0.3) is 0 Å². The minimum Gasteiger partial charge on any atom is -0.465 e. The molecule has 0 aromatic carbocycles. The van der Waals surface area contributed by atoms with Crippen molar-refractivity contribution in [1.82, 2.24) is 0 Å². The molecular formula is C9H13F3O5S. The zero-order valence-electron chi connectivity index (χ0n) is 9.40. The minimum atomic E-state index is -5.50. The number of alkyl halides is 3. The van der Waals surface area contributed by atoms with E-state index in [1.807, 2.05) is 0 Å². The molecule has 1 fully saturated rings. The highest BCUT2D eigenvalue weighted by Crippen LogP contribution is 2.25. The molecule has 0 N–H and O–H groups in total.